The van der Waals surface area contributed by atoms with Crippen LogP contribution in [-0.2, 0) is 11.3 Å². The molecule has 1 heterocycles. The van der Waals surface area contributed by atoms with Gasteiger partial charge in [-0.05, 0) is 13.3 Å². The zero-order valence-corrected chi connectivity index (χ0v) is 9.84. The Hall–Kier alpha value is -1.03. The first-order valence-corrected chi connectivity index (χ1v) is 5.47. The second kappa shape index (κ2) is 5.75. The molecular formula is C10H16ClN3O. The van der Waals surface area contributed by atoms with Crippen molar-refractivity contribution in [3.63, 3.8) is 0 Å². The van der Waals surface area contributed by atoms with E-state index in [9.17, 15) is 4.79 Å². The SMILES string of the molecule is CCCCNC(=O)Cn1ncc(Cl)c1C. The van der Waals surface area contributed by atoms with Gasteiger partial charge in [0.2, 0.25) is 5.91 Å². The molecule has 84 valence electrons. The molecule has 0 aromatic carbocycles. The molecule has 5 heteroatoms. The summed E-state index contributed by atoms with van der Waals surface area (Å²) in [5.41, 5.74) is 0.822. The number of nitrogens with zero attached hydrogens (tertiary/aromatic N) is 2. The number of rotatable bonds is 5. The third-order valence-corrected chi connectivity index (χ3v) is 2.56. The first-order valence-electron chi connectivity index (χ1n) is 5.09. The van der Waals surface area contributed by atoms with Gasteiger partial charge in [-0.2, -0.15) is 5.10 Å². The van der Waals surface area contributed by atoms with Crippen molar-refractivity contribution in [3.8, 4) is 0 Å². The van der Waals surface area contributed by atoms with Crippen molar-refractivity contribution in [3.05, 3.63) is 16.9 Å². The molecular weight excluding hydrogens is 214 g/mol. The summed E-state index contributed by atoms with van der Waals surface area (Å²) >= 11 is 5.82. The summed E-state index contributed by atoms with van der Waals surface area (Å²) in [5, 5.41) is 7.43. The number of carbonyl (C=O) groups is 1. The van der Waals surface area contributed by atoms with Gasteiger partial charge in [0.25, 0.3) is 0 Å². The molecule has 1 aromatic heterocycles. The Morgan fingerprint density at radius 1 is 1.67 bits per heavy atom. The van der Waals surface area contributed by atoms with Crippen molar-refractivity contribution in [2.24, 2.45) is 0 Å². The normalized spacial score (nSPS) is 10.3. The van der Waals surface area contributed by atoms with E-state index in [4.69, 9.17) is 11.6 Å². The Labute approximate surface area is 94.6 Å². The summed E-state index contributed by atoms with van der Waals surface area (Å²) in [7, 11) is 0. The highest BCUT2D eigenvalue weighted by molar-refractivity contribution is 6.31. The fourth-order valence-electron chi connectivity index (χ4n) is 1.18. The van der Waals surface area contributed by atoms with E-state index in [1.54, 1.807) is 10.9 Å². The average Bonchev–Trinajstić information content (AvgIpc) is 2.50. The fraction of sp³-hybridized carbons (Fsp3) is 0.600. The average molecular weight is 230 g/mol. The number of aromatic nitrogens is 2. The Balaban J connectivity index is 2.41. The fourth-order valence-corrected chi connectivity index (χ4v) is 1.32. The van der Waals surface area contributed by atoms with E-state index in [1.807, 2.05) is 6.92 Å². The van der Waals surface area contributed by atoms with Crippen LogP contribution in [0.1, 0.15) is 25.5 Å². The minimum Gasteiger partial charge on any atom is -0.354 e. The molecule has 0 aliphatic rings. The maximum absolute atomic E-state index is 11.4. The standard InChI is InChI=1S/C10H16ClN3O/c1-3-4-5-12-10(15)7-14-8(2)9(11)6-13-14/h6H,3-5,7H2,1-2H3,(H,12,15). The van der Waals surface area contributed by atoms with Crippen molar-refractivity contribution < 1.29 is 4.79 Å². The van der Waals surface area contributed by atoms with Crippen molar-refractivity contribution in [1.82, 2.24) is 15.1 Å². The molecule has 0 radical (unpaired) electrons. The molecule has 0 bridgehead atoms. The van der Waals surface area contributed by atoms with E-state index in [2.05, 4.69) is 17.3 Å². The van der Waals surface area contributed by atoms with Crippen molar-refractivity contribution >= 4 is 17.5 Å². The van der Waals surface area contributed by atoms with Crippen LogP contribution >= 0.6 is 11.6 Å². The predicted molar refractivity (Wildman–Crippen MR) is 59.9 cm³/mol. The molecule has 0 saturated carbocycles. The number of nitrogens with one attached hydrogen (secondary N) is 1. The lowest BCUT2D eigenvalue weighted by Crippen LogP contribution is -2.29. The largest absolute Gasteiger partial charge is 0.354 e. The predicted octanol–water partition coefficient (Wildman–Crippen LogP) is 1.76. The number of carbonyl (C=O) groups excluding carboxylic acids is 1. The second-order valence-electron chi connectivity index (χ2n) is 3.44. The Kier molecular flexibility index (Phi) is 4.62. The van der Waals surface area contributed by atoms with Crippen LogP contribution in [0.3, 0.4) is 0 Å². The van der Waals surface area contributed by atoms with Crippen LogP contribution in [0, 0.1) is 6.92 Å². The van der Waals surface area contributed by atoms with Crippen LogP contribution in [-0.4, -0.2) is 22.2 Å². The highest BCUT2D eigenvalue weighted by Crippen LogP contribution is 2.12. The van der Waals surface area contributed by atoms with E-state index in [0.717, 1.165) is 25.1 Å². The summed E-state index contributed by atoms with van der Waals surface area (Å²) in [6, 6.07) is 0. The molecule has 0 aliphatic carbocycles. The number of halogens is 1. The number of hydrogen-bond donors (Lipinski definition) is 1. The lowest BCUT2D eigenvalue weighted by molar-refractivity contribution is -0.121. The van der Waals surface area contributed by atoms with Crippen LogP contribution in [0.4, 0.5) is 0 Å². The van der Waals surface area contributed by atoms with Gasteiger partial charge in [0.15, 0.2) is 0 Å². The third kappa shape index (κ3) is 3.55. The zero-order chi connectivity index (χ0) is 11.3. The van der Waals surface area contributed by atoms with Crippen molar-refractivity contribution in [2.45, 2.75) is 33.2 Å². The van der Waals surface area contributed by atoms with Crippen LogP contribution in [0.5, 0.6) is 0 Å². The minimum absolute atomic E-state index is 0.0219. The van der Waals surface area contributed by atoms with Crippen LogP contribution in [0.15, 0.2) is 6.20 Å². The van der Waals surface area contributed by atoms with E-state index in [-0.39, 0.29) is 12.5 Å². The molecule has 0 saturated heterocycles. The van der Waals surface area contributed by atoms with E-state index in [0.29, 0.717) is 5.02 Å². The summed E-state index contributed by atoms with van der Waals surface area (Å²) in [5.74, 6) is -0.0219. The highest BCUT2D eigenvalue weighted by Gasteiger charge is 2.07. The molecule has 4 nitrogen and oxygen atoms in total. The summed E-state index contributed by atoms with van der Waals surface area (Å²) in [6.45, 7) is 4.89. The summed E-state index contributed by atoms with van der Waals surface area (Å²) in [4.78, 5) is 11.4. The molecule has 0 spiro atoms. The van der Waals surface area contributed by atoms with Gasteiger partial charge in [0, 0.05) is 6.54 Å². The first-order chi connectivity index (χ1) is 7.15. The lowest BCUT2D eigenvalue weighted by Gasteiger charge is -2.05. The molecule has 1 rings (SSSR count). The lowest BCUT2D eigenvalue weighted by atomic mass is 10.3. The van der Waals surface area contributed by atoms with Gasteiger partial charge in [-0.3, -0.25) is 9.48 Å². The topological polar surface area (TPSA) is 46.9 Å². The van der Waals surface area contributed by atoms with Crippen LogP contribution in [0.25, 0.3) is 0 Å². The van der Waals surface area contributed by atoms with Gasteiger partial charge >= 0.3 is 0 Å². The second-order valence-corrected chi connectivity index (χ2v) is 3.85. The van der Waals surface area contributed by atoms with Crippen LogP contribution < -0.4 is 5.32 Å². The molecule has 0 atom stereocenters. The van der Waals surface area contributed by atoms with Gasteiger partial charge in [-0.25, -0.2) is 0 Å². The van der Waals surface area contributed by atoms with Gasteiger partial charge in [0.05, 0.1) is 16.9 Å². The number of hydrogen-bond acceptors (Lipinski definition) is 2. The Morgan fingerprint density at radius 3 is 2.93 bits per heavy atom. The van der Waals surface area contributed by atoms with Gasteiger partial charge in [-0.15, -0.1) is 0 Å². The van der Waals surface area contributed by atoms with E-state index < -0.39 is 0 Å². The first kappa shape index (κ1) is 12.0. The molecule has 1 amide bonds. The molecule has 0 aliphatic heterocycles. The zero-order valence-electron chi connectivity index (χ0n) is 9.09. The molecule has 0 unspecified atom stereocenters. The number of amides is 1. The van der Waals surface area contributed by atoms with Gasteiger partial charge < -0.3 is 5.32 Å². The Morgan fingerprint density at radius 2 is 2.40 bits per heavy atom. The van der Waals surface area contributed by atoms with Crippen LogP contribution in [0.2, 0.25) is 5.02 Å². The monoisotopic (exact) mass is 229 g/mol. The van der Waals surface area contributed by atoms with E-state index in [1.165, 1.54) is 0 Å². The maximum atomic E-state index is 11.4. The minimum atomic E-state index is -0.0219. The highest BCUT2D eigenvalue weighted by atomic mass is 35.5. The molecule has 0 fully saturated rings. The molecule has 15 heavy (non-hydrogen) atoms. The van der Waals surface area contributed by atoms with Crippen molar-refractivity contribution in [1.29, 1.82) is 0 Å². The van der Waals surface area contributed by atoms with Crippen molar-refractivity contribution in [2.75, 3.05) is 6.54 Å². The van der Waals surface area contributed by atoms with Gasteiger partial charge in [-0.1, -0.05) is 24.9 Å². The summed E-state index contributed by atoms with van der Waals surface area (Å²) < 4.78 is 1.60. The Bertz CT molecular complexity index is 335. The summed E-state index contributed by atoms with van der Waals surface area (Å²) in [6.07, 6.45) is 3.63. The number of unbranched alkanes of at least 4 members (excludes halogenated alkanes) is 1. The molecule has 1 aromatic rings. The smallest absolute Gasteiger partial charge is 0.241 e. The maximum Gasteiger partial charge on any atom is 0.241 e. The molecule has 1 N–H and O–H groups in total. The van der Waals surface area contributed by atoms with Gasteiger partial charge in [0.1, 0.15) is 6.54 Å². The van der Waals surface area contributed by atoms with E-state index >= 15 is 0 Å². The quantitative estimate of drug-likeness (QED) is 0.783. The third-order valence-electron chi connectivity index (χ3n) is 2.19.